The maximum absolute atomic E-state index is 13.0. The van der Waals surface area contributed by atoms with Gasteiger partial charge in [-0.2, -0.15) is 32.3 Å². The minimum atomic E-state index is -5.57. The largest absolute Gasteiger partial charge is 0.454 e. The molecular formula is C12H13F5N4. The first-order chi connectivity index (χ1) is 9.60. The van der Waals surface area contributed by atoms with Crippen molar-refractivity contribution in [2.24, 2.45) is 0 Å². The highest BCUT2D eigenvalue weighted by Crippen LogP contribution is 2.40. The van der Waals surface area contributed by atoms with Crippen LogP contribution in [0.4, 0.5) is 22.0 Å². The van der Waals surface area contributed by atoms with Crippen molar-refractivity contribution in [1.82, 2.24) is 14.7 Å². The summed E-state index contributed by atoms with van der Waals surface area (Å²) in [7, 11) is 0. The molecule has 116 valence electrons. The van der Waals surface area contributed by atoms with Crippen LogP contribution in [0.15, 0.2) is 12.4 Å². The number of halogens is 5. The van der Waals surface area contributed by atoms with Crippen LogP contribution < -0.4 is 0 Å². The lowest BCUT2D eigenvalue weighted by Gasteiger charge is -2.49. The second-order valence-corrected chi connectivity index (χ2v) is 5.37. The highest BCUT2D eigenvalue weighted by molar-refractivity contribution is 5.10. The van der Waals surface area contributed by atoms with Gasteiger partial charge in [-0.25, -0.2) is 0 Å². The van der Waals surface area contributed by atoms with E-state index in [1.54, 1.807) is 19.3 Å². The molecule has 0 spiro atoms. The molecule has 0 unspecified atom stereocenters. The van der Waals surface area contributed by atoms with E-state index >= 15 is 0 Å². The summed E-state index contributed by atoms with van der Waals surface area (Å²) in [6.45, 7) is 0.252. The lowest BCUT2D eigenvalue weighted by molar-refractivity contribution is -0.291. The summed E-state index contributed by atoms with van der Waals surface area (Å²) < 4.78 is 64.0. The van der Waals surface area contributed by atoms with E-state index in [1.807, 2.05) is 6.07 Å². The van der Waals surface area contributed by atoms with Crippen molar-refractivity contribution >= 4 is 0 Å². The fourth-order valence-corrected chi connectivity index (χ4v) is 2.43. The predicted octanol–water partition coefficient (Wildman–Crippen LogP) is 2.31. The van der Waals surface area contributed by atoms with Gasteiger partial charge in [-0.3, -0.25) is 9.58 Å². The quantitative estimate of drug-likeness (QED) is 0.802. The molecule has 0 aliphatic carbocycles. The van der Waals surface area contributed by atoms with Crippen molar-refractivity contribution in [3.8, 4) is 6.07 Å². The molecule has 0 bridgehead atoms. The standard InChI is InChI=1S/C12H13F5N4/c1-9-4-19-21(5-9)10(2-3-18)6-20(7-10)8-11(13,14)12(15,16)17/h4-5H,2,6-8H2,1H3. The van der Waals surface area contributed by atoms with Crippen LogP contribution in [0.3, 0.4) is 0 Å². The second kappa shape index (κ2) is 4.94. The third kappa shape index (κ3) is 2.85. The summed E-state index contributed by atoms with van der Waals surface area (Å²) in [6.07, 6.45) is -2.37. The third-order valence-electron chi connectivity index (χ3n) is 3.48. The van der Waals surface area contributed by atoms with Gasteiger partial charge < -0.3 is 0 Å². The normalized spacial score (nSPS) is 19.1. The number of nitriles is 1. The molecule has 0 atom stereocenters. The van der Waals surface area contributed by atoms with Gasteiger partial charge in [-0.15, -0.1) is 0 Å². The van der Waals surface area contributed by atoms with Crippen LogP contribution in [-0.4, -0.2) is 46.4 Å². The predicted molar refractivity (Wildman–Crippen MR) is 62.6 cm³/mol. The molecule has 9 heteroatoms. The molecule has 0 radical (unpaired) electrons. The Balaban J connectivity index is 2.07. The van der Waals surface area contributed by atoms with Gasteiger partial charge in [0.1, 0.15) is 5.54 Å². The van der Waals surface area contributed by atoms with Crippen LogP contribution in [0.1, 0.15) is 12.0 Å². The number of hydrogen-bond acceptors (Lipinski definition) is 3. The summed E-state index contributed by atoms with van der Waals surface area (Å²) in [5.74, 6) is -4.76. The molecule has 1 aromatic heterocycles. The van der Waals surface area contributed by atoms with E-state index in [0.29, 0.717) is 0 Å². The molecule has 0 N–H and O–H groups in total. The summed E-state index contributed by atoms with van der Waals surface area (Å²) in [4.78, 5) is 0.988. The zero-order valence-electron chi connectivity index (χ0n) is 11.2. The van der Waals surface area contributed by atoms with Crippen molar-refractivity contribution in [3.63, 3.8) is 0 Å². The lowest BCUT2D eigenvalue weighted by Crippen LogP contribution is -2.65. The Labute approximate surface area is 117 Å². The number of alkyl halides is 5. The molecule has 2 heterocycles. The Morgan fingerprint density at radius 3 is 2.38 bits per heavy atom. The van der Waals surface area contributed by atoms with Gasteiger partial charge in [0.15, 0.2) is 0 Å². The number of rotatable bonds is 4. The average Bonchev–Trinajstić information content (AvgIpc) is 2.71. The Hall–Kier alpha value is -1.69. The Morgan fingerprint density at radius 1 is 1.33 bits per heavy atom. The molecule has 1 aliphatic rings. The van der Waals surface area contributed by atoms with Gasteiger partial charge in [0, 0.05) is 19.3 Å². The van der Waals surface area contributed by atoms with Crippen LogP contribution in [0.2, 0.25) is 0 Å². The summed E-state index contributed by atoms with van der Waals surface area (Å²) in [5.41, 5.74) is -0.00332. The monoisotopic (exact) mass is 308 g/mol. The first kappa shape index (κ1) is 15.7. The highest BCUT2D eigenvalue weighted by Gasteiger charge is 2.60. The molecule has 2 rings (SSSR count). The van der Waals surface area contributed by atoms with Crippen LogP contribution >= 0.6 is 0 Å². The molecule has 1 fully saturated rings. The maximum Gasteiger partial charge on any atom is 0.454 e. The van der Waals surface area contributed by atoms with Crippen LogP contribution in [0.5, 0.6) is 0 Å². The lowest BCUT2D eigenvalue weighted by atomic mass is 9.86. The minimum Gasteiger partial charge on any atom is -0.292 e. The fourth-order valence-electron chi connectivity index (χ4n) is 2.43. The number of aryl methyl sites for hydroxylation is 1. The van der Waals surface area contributed by atoms with Crippen LogP contribution in [0.25, 0.3) is 0 Å². The van der Waals surface area contributed by atoms with E-state index in [-0.39, 0.29) is 19.5 Å². The summed E-state index contributed by atoms with van der Waals surface area (Å²) in [5, 5.41) is 12.9. The molecule has 1 aliphatic heterocycles. The molecular weight excluding hydrogens is 295 g/mol. The third-order valence-corrected chi connectivity index (χ3v) is 3.48. The fraction of sp³-hybridized carbons (Fsp3) is 0.667. The Kier molecular flexibility index (Phi) is 3.70. The second-order valence-electron chi connectivity index (χ2n) is 5.37. The van der Waals surface area contributed by atoms with Crippen LogP contribution in [0, 0.1) is 18.3 Å². The zero-order valence-corrected chi connectivity index (χ0v) is 11.2. The molecule has 1 aromatic rings. The number of aromatic nitrogens is 2. The first-order valence-corrected chi connectivity index (χ1v) is 6.15. The molecule has 0 saturated carbocycles. The van der Waals surface area contributed by atoms with E-state index in [1.165, 1.54) is 4.68 Å². The molecule has 21 heavy (non-hydrogen) atoms. The van der Waals surface area contributed by atoms with E-state index in [4.69, 9.17) is 5.26 Å². The number of nitrogens with zero attached hydrogens (tertiary/aromatic N) is 4. The van der Waals surface area contributed by atoms with E-state index < -0.39 is 24.2 Å². The molecule has 1 saturated heterocycles. The van der Waals surface area contributed by atoms with Gasteiger partial charge in [0.2, 0.25) is 0 Å². The molecule has 4 nitrogen and oxygen atoms in total. The highest BCUT2D eigenvalue weighted by atomic mass is 19.4. The van der Waals surface area contributed by atoms with Crippen molar-refractivity contribution in [3.05, 3.63) is 18.0 Å². The Bertz CT molecular complexity index is 551. The summed E-state index contributed by atoms with van der Waals surface area (Å²) in [6, 6.07) is 1.93. The Morgan fingerprint density at radius 2 is 1.95 bits per heavy atom. The molecule has 0 amide bonds. The van der Waals surface area contributed by atoms with E-state index in [0.717, 1.165) is 10.5 Å². The van der Waals surface area contributed by atoms with Gasteiger partial charge in [-0.1, -0.05) is 0 Å². The number of hydrogen-bond donors (Lipinski definition) is 0. The van der Waals surface area contributed by atoms with Crippen molar-refractivity contribution in [2.75, 3.05) is 19.6 Å². The van der Waals surface area contributed by atoms with Gasteiger partial charge in [0.25, 0.3) is 0 Å². The van der Waals surface area contributed by atoms with Crippen molar-refractivity contribution in [1.29, 1.82) is 5.26 Å². The van der Waals surface area contributed by atoms with Crippen molar-refractivity contribution < 1.29 is 22.0 Å². The van der Waals surface area contributed by atoms with Gasteiger partial charge >= 0.3 is 12.1 Å². The maximum atomic E-state index is 13.0. The smallest absolute Gasteiger partial charge is 0.292 e. The van der Waals surface area contributed by atoms with Gasteiger partial charge in [0.05, 0.1) is 25.2 Å². The van der Waals surface area contributed by atoms with E-state index in [9.17, 15) is 22.0 Å². The first-order valence-electron chi connectivity index (χ1n) is 6.15. The van der Waals surface area contributed by atoms with Crippen LogP contribution in [-0.2, 0) is 5.54 Å². The van der Waals surface area contributed by atoms with Gasteiger partial charge in [-0.05, 0) is 12.5 Å². The zero-order chi connectivity index (χ0) is 15.9. The SMILES string of the molecule is Cc1cnn(C2(CC#N)CN(CC(F)(F)C(F)(F)F)C2)c1. The number of likely N-dealkylation sites (tertiary alicyclic amines) is 1. The van der Waals surface area contributed by atoms with E-state index in [2.05, 4.69) is 5.10 Å². The minimum absolute atomic E-state index is 0.00219. The topological polar surface area (TPSA) is 44.9 Å². The molecule has 0 aromatic carbocycles. The van der Waals surface area contributed by atoms with Crippen molar-refractivity contribution in [2.45, 2.75) is 31.0 Å². The average molecular weight is 308 g/mol. The summed E-state index contributed by atoms with van der Waals surface area (Å²) >= 11 is 0.